The summed E-state index contributed by atoms with van der Waals surface area (Å²) in [6.45, 7) is 1.69. The summed E-state index contributed by atoms with van der Waals surface area (Å²) in [6, 6.07) is 10.3. The third kappa shape index (κ3) is 3.80. The van der Waals surface area contributed by atoms with Crippen molar-refractivity contribution < 1.29 is 9.85 Å². The molecule has 8 nitrogen and oxygen atoms in total. The molecule has 23 heavy (non-hydrogen) atoms. The normalized spacial score (nSPS) is 11.1. The van der Waals surface area contributed by atoms with Gasteiger partial charge < -0.3 is 0 Å². The average Bonchev–Trinajstić information content (AvgIpc) is 2.52. The fraction of sp³-hybridized carbons (Fsp3) is 0.0714. The van der Waals surface area contributed by atoms with Crippen LogP contribution in [0.2, 0.25) is 5.02 Å². The molecule has 0 saturated carbocycles. The zero-order valence-corrected chi connectivity index (χ0v) is 12.6. The Labute approximate surface area is 135 Å². The highest BCUT2D eigenvalue weighted by Crippen LogP contribution is 2.29. The Kier molecular flexibility index (Phi) is 4.87. The Morgan fingerprint density at radius 2 is 1.83 bits per heavy atom. The van der Waals surface area contributed by atoms with E-state index in [1.807, 2.05) is 0 Å². The van der Waals surface area contributed by atoms with Gasteiger partial charge in [-0.25, -0.2) is 0 Å². The first kappa shape index (κ1) is 16.4. The van der Waals surface area contributed by atoms with Gasteiger partial charge in [-0.05, 0) is 19.1 Å². The minimum Gasteiger partial charge on any atom is -0.271 e. The van der Waals surface area contributed by atoms with Crippen LogP contribution < -0.4 is 5.43 Å². The van der Waals surface area contributed by atoms with Gasteiger partial charge >= 0.3 is 5.69 Å². The monoisotopic (exact) mass is 334 g/mol. The maximum Gasteiger partial charge on any atom is 0.301 e. The Hall–Kier alpha value is -3.00. The first-order chi connectivity index (χ1) is 10.9. The number of non-ortho nitro benzene ring substituents is 1. The second kappa shape index (κ2) is 6.84. The van der Waals surface area contributed by atoms with Gasteiger partial charge in [0.2, 0.25) is 0 Å². The molecule has 0 spiro atoms. The van der Waals surface area contributed by atoms with Crippen molar-refractivity contribution >= 4 is 34.4 Å². The molecule has 2 aromatic rings. The largest absolute Gasteiger partial charge is 0.301 e. The van der Waals surface area contributed by atoms with Crippen LogP contribution in [-0.4, -0.2) is 15.6 Å². The fourth-order valence-corrected chi connectivity index (χ4v) is 2.11. The van der Waals surface area contributed by atoms with Crippen molar-refractivity contribution in [2.24, 2.45) is 5.10 Å². The van der Waals surface area contributed by atoms with Crippen LogP contribution in [0.1, 0.15) is 12.5 Å². The molecule has 2 aromatic carbocycles. The van der Waals surface area contributed by atoms with Gasteiger partial charge in [0.05, 0.1) is 21.6 Å². The van der Waals surface area contributed by atoms with Gasteiger partial charge in [-0.2, -0.15) is 5.10 Å². The minimum atomic E-state index is -0.713. The summed E-state index contributed by atoms with van der Waals surface area (Å²) in [5, 5.41) is 26.3. The van der Waals surface area contributed by atoms with Crippen molar-refractivity contribution in [3.05, 3.63) is 73.3 Å². The maximum absolute atomic E-state index is 11.0. The predicted octanol–water partition coefficient (Wildman–Crippen LogP) is 3.99. The van der Waals surface area contributed by atoms with Crippen molar-refractivity contribution in [1.82, 2.24) is 0 Å². The van der Waals surface area contributed by atoms with Crippen LogP contribution in [0.3, 0.4) is 0 Å². The van der Waals surface area contributed by atoms with Gasteiger partial charge in [0.1, 0.15) is 5.69 Å². The van der Waals surface area contributed by atoms with E-state index in [9.17, 15) is 20.2 Å². The zero-order chi connectivity index (χ0) is 17.0. The lowest BCUT2D eigenvalue weighted by Gasteiger charge is -2.06. The highest BCUT2D eigenvalue weighted by atomic mass is 35.5. The van der Waals surface area contributed by atoms with E-state index in [4.69, 9.17) is 11.6 Å². The molecule has 0 atom stereocenters. The number of nitro benzene ring substituents is 2. The van der Waals surface area contributed by atoms with Gasteiger partial charge in [-0.1, -0.05) is 29.8 Å². The Morgan fingerprint density at radius 3 is 2.43 bits per heavy atom. The first-order valence-electron chi connectivity index (χ1n) is 6.38. The van der Waals surface area contributed by atoms with Crippen molar-refractivity contribution in [1.29, 1.82) is 0 Å². The number of benzene rings is 2. The predicted molar refractivity (Wildman–Crippen MR) is 87.0 cm³/mol. The van der Waals surface area contributed by atoms with Crippen LogP contribution in [0.5, 0.6) is 0 Å². The zero-order valence-electron chi connectivity index (χ0n) is 11.9. The van der Waals surface area contributed by atoms with Gasteiger partial charge in [-0.15, -0.1) is 0 Å². The second-order valence-corrected chi connectivity index (χ2v) is 4.91. The smallest absolute Gasteiger partial charge is 0.271 e. The van der Waals surface area contributed by atoms with Gasteiger partial charge in [0.15, 0.2) is 0 Å². The quantitative estimate of drug-likeness (QED) is 0.504. The van der Waals surface area contributed by atoms with E-state index in [0.717, 1.165) is 12.1 Å². The van der Waals surface area contributed by atoms with E-state index in [2.05, 4.69) is 10.5 Å². The summed E-state index contributed by atoms with van der Waals surface area (Å²) in [5.74, 6) is 0. The molecule has 9 heteroatoms. The lowest BCUT2D eigenvalue weighted by molar-refractivity contribution is -0.393. The average molecular weight is 335 g/mol. The molecule has 1 N–H and O–H groups in total. The fourth-order valence-electron chi connectivity index (χ4n) is 1.84. The number of halogens is 1. The van der Waals surface area contributed by atoms with Crippen LogP contribution in [-0.2, 0) is 0 Å². The number of hydrazone groups is 1. The molecule has 118 valence electrons. The van der Waals surface area contributed by atoms with Crippen molar-refractivity contribution in [3.8, 4) is 0 Å². The van der Waals surface area contributed by atoms with E-state index in [-0.39, 0.29) is 11.4 Å². The molecule has 0 heterocycles. The lowest BCUT2D eigenvalue weighted by Crippen LogP contribution is -2.03. The van der Waals surface area contributed by atoms with E-state index >= 15 is 0 Å². The first-order valence-corrected chi connectivity index (χ1v) is 6.76. The number of hydrogen-bond donors (Lipinski definition) is 1. The standard InChI is InChI=1S/C14H11ClN4O4/c1-9(11-4-2-3-5-12(11)15)16-17-13-7-6-10(18(20)21)8-14(13)19(22)23/h2-8,17H,1H3. The molecule has 0 aliphatic rings. The lowest BCUT2D eigenvalue weighted by atomic mass is 10.1. The Morgan fingerprint density at radius 1 is 1.13 bits per heavy atom. The summed E-state index contributed by atoms with van der Waals surface area (Å²) in [6.07, 6.45) is 0. The van der Waals surface area contributed by atoms with Crippen molar-refractivity contribution in [2.45, 2.75) is 6.92 Å². The van der Waals surface area contributed by atoms with E-state index in [1.165, 1.54) is 6.07 Å². The Balaban J connectivity index is 2.33. The third-order valence-corrected chi connectivity index (χ3v) is 3.33. The van der Waals surface area contributed by atoms with Gasteiger partial charge in [0.25, 0.3) is 5.69 Å². The number of nitrogens with zero attached hydrogens (tertiary/aromatic N) is 3. The van der Waals surface area contributed by atoms with Gasteiger partial charge in [0, 0.05) is 16.7 Å². The second-order valence-electron chi connectivity index (χ2n) is 4.50. The van der Waals surface area contributed by atoms with Crippen molar-refractivity contribution in [3.63, 3.8) is 0 Å². The molecule has 0 amide bonds. The summed E-state index contributed by atoms with van der Waals surface area (Å²) in [7, 11) is 0. The summed E-state index contributed by atoms with van der Waals surface area (Å²) >= 11 is 6.05. The molecule has 2 rings (SSSR count). The molecule has 0 aliphatic heterocycles. The van der Waals surface area contributed by atoms with E-state index in [0.29, 0.717) is 16.3 Å². The van der Waals surface area contributed by atoms with Crippen LogP contribution in [0, 0.1) is 20.2 Å². The number of nitro groups is 2. The minimum absolute atomic E-state index is 0.0482. The molecular formula is C14H11ClN4O4. The maximum atomic E-state index is 11.0. The highest BCUT2D eigenvalue weighted by Gasteiger charge is 2.19. The van der Waals surface area contributed by atoms with Crippen LogP contribution >= 0.6 is 11.6 Å². The molecule has 0 radical (unpaired) electrons. The van der Waals surface area contributed by atoms with E-state index in [1.54, 1.807) is 31.2 Å². The molecule has 0 unspecified atom stereocenters. The molecule has 0 aliphatic carbocycles. The number of hydrogen-bond acceptors (Lipinski definition) is 6. The molecule has 0 saturated heterocycles. The molecular weight excluding hydrogens is 324 g/mol. The molecule has 0 bridgehead atoms. The number of nitrogens with one attached hydrogen (secondary N) is 1. The number of rotatable bonds is 5. The third-order valence-electron chi connectivity index (χ3n) is 3.00. The summed E-state index contributed by atoms with van der Waals surface area (Å²) in [4.78, 5) is 20.3. The van der Waals surface area contributed by atoms with Crippen molar-refractivity contribution in [2.75, 3.05) is 5.43 Å². The van der Waals surface area contributed by atoms with Crippen LogP contribution in [0.15, 0.2) is 47.6 Å². The molecule has 0 aromatic heterocycles. The Bertz CT molecular complexity index is 807. The van der Waals surface area contributed by atoms with Gasteiger partial charge in [-0.3, -0.25) is 25.7 Å². The number of anilines is 1. The van der Waals surface area contributed by atoms with Crippen LogP contribution in [0.25, 0.3) is 0 Å². The van der Waals surface area contributed by atoms with Crippen LogP contribution in [0.4, 0.5) is 17.1 Å². The topological polar surface area (TPSA) is 111 Å². The highest BCUT2D eigenvalue weighted by molar-refractivity contribution is 6.34. The molecule has 0 fully saturated rings. The summed E-state index contributed by atoms with van der Waals surface area (Å²) in [5.41, 5.74) is 2.99. The SMILES string of the molecule is CC(=NNc1ccc([N+](=O)[O-])cc1[N+](=O)[O-])c1ccccc1Cl. The van der Waals surface area contributed by atoms with E-state index < -0.39 is 15.5 Å². The summed E-state index contributed by atoms with van der Waals surface area (Å²) < 4.78 is 0.